The summed E-state index contributed by atoms with van der Waals surface area (Å²) in [5.41, 5.74) is -0.239. The summed E-state index contributed by atoms with van der Waals surface area (Å²) in [6.07, 6.45) is 3.97. The van der Waals surface area contributed by atoms with Crippen molar-refractivity contribution in [3.8, 4) is 0 Å². The van der Waals surface area contributed by atoms with Gasteiger partial charge in [0.15, 0.2) is 0 Å². The van der Waals surface area contributed by atoms with Crippen molar-refractivity contribution in [3.63, 3.8) is 0 Å². The fourth-order valence-electron chi connectivity index (χ4n) is 2.67. The number of carbonyl (C=O) groups is 1. The Kier molecular flexibility index (Phi) is 2.35. The summed E-state index contributed by atoms with van der Waals surface area (Å²) in [5, 5.41) is 21.3. The molecule has 0 saturated heterocycles. The molecule has 0 spiro atoms. The van der Waals surface area contributed by atoms with Gasteiger partial charge in [-0.05, 0) is 29.9 Å². The summed E-state index contributed by atoms with van der Waals surface area (Å²) in [6, 6.07) is 7.57. The van der Waals surface area contributed by atoms with E-state index in [4.69, 9.17) is 5.11 Å². The topological polar surface area (TPSA) is 70.4 Å². The molecular formula is C14H13NO3. The number of aromatic nitrogens is 1. The monoisotopic (exact) mass is 243 g/mol. The first kappa shape index (κ1) is 11.2. The van der Waals surface area contributed by atoms with Gasteiger partial charge in [-0.15, -0.1) is 0 Å². The maximum Gasteiger partial charge on any atom is 0.306 e. The smallest absolute Gasteiger partial charge is 0.306 e. The molecular weight excluding hydrogens is 230 g/mol. The molecule has 1 aliphatic carbocycles. The van der Waals surface area contributed by atoms with E-state index in [0.29, 0.717) is 0 Å². The van der Waals surface area contributed by atoms with Crippen LogP contribution >= 0.6 is 0 Å². The molecule has 0 unspecified atom stereocenters. The highest BCUT2D eigenvalue weighted by atomic mass is 16.4. The van der Waals surface area contributed by atoms with Crippen LogP contribution in [0.5, 0.6) is 0 Å². The zero-order valence-electron chi connectivity index (χ0n) is 9.71. The van der Waals surface area contributed by atoms with E-state index < -0.39 is 17.5 Å². The lowest BCUT2D eigenvalue weighted by atomic mass is 9.66. The summed E-state index contributed by atoms with van der Waals surface area (Å²) < 4.78 is 0. The van der Waals surface area contributed by atoms with Crippen LogP contribution in [0.4, 0.5) is 0 Å². The van der Waals surface area contributed by atoms with Crippen LogP contribution in [-0.2, 0) is 10.4 Å². The molecule has 0 aliphatic heterocycles. The molecule has 0 bridgehead atoms. The molecule has 3 rings (SSSR count). The minimum Gasteiger partial charge on any atom is -0.481 e. The van der Waals surface area contributed by atoms with Crippen LogP contribution in [-0.4, -0.2) is 21.2 Å². The van der Waals surface area contributed by atoms with Crippen molar-refractivity contribution in [3.05, 3.63) is 42.2 Å². The minimum atomic E-state index is -1.02. The van der Waals surface area contributed by atoms with Gasteiger partial charge in [-0.2, -0.15) is 0 Å². The number of carboxylic acid groups (broad SMARTS) is 1. The summed E-state index contributed by atoms with van der Waals surface area (Å²) in [5.74, 6) is -1.28. The number of fused-ring (bicyclic) bond motifs is 1. The van der Waals surface area contributed by atoms with Crippen molar-refractivity contribution in [2.24, 2.45) is 5.92 Å². The highest BCUT2D eigenvalue weighted by Crippen LogP contribution is 2.47. The molecule has 1 aromatic heterocycles. The molecule has 1 aromatic carbocycles. The van der Waals surface area contributed by atoms with E-state index in [1.165, 1.54) is 0 Å². The predicted octanol–water partition coefficient (Wildman–Crippen LogP) is 1.92. The third kappa shape index (κ3) is 1.57. The van der Waals surface area contributed by atoms with E-state index in [9.17, 15) is 9.90 Å². The van der Waals surface area contributed by atoms with Gasteiger partial charge in [0, 0.05) is 17.8 Å². The summed E-state index contributed by atoms with van der Waals surface area (Å²) in [7, 11) is 0. The van der Waals surface area contributed by atoms with E-state index in [1.54, 1.807) is 12.4 Å². The minimum absolute atomic E-state index is 0.274. The van der Waals surface area contributed by atoms with Crippen molar-refractivity contribution < 1.29 is 15.0 Å². The Labute approximate surface area is 104 Å². The van der Waals surface area contributed by atoms with Gasteiger partial charge in [0.2, 0.25) is 0 Å². The molecule has 1 fully saturated rings. The molecule has 18 heavy (non-hydrogen) atoms. The van der Waals surface area contributed by atoms with Crippen LogP contribution in [0.15, 0.2) is 36.7 Å². The van der Waals surface area contributed by atoms with Crippen molar-refractivity contribution in [2.45, 2.75) is 18.4 Å². The molecule has 0 radical (unpaired) electrons. The number of pyridine rings is 1. The fourth-order valence-corrected chi connectivity index (χ4v) is 2.67. The van der Waals surface area contributed by atoms with E-state index in [0.717, 1.165) is 16.3 Å². The Morgan fingerprint density at radius 2 is 2.11 bits per heavy atom. The maximum atomic E-state index is 10.8. The van der Waals surface area contributed by atoms with Crippen LogP contribution in [0, 0.1) is 5.92 Å². The number of rotatable bonds is 2. The second-order valence-corrected chi connectivity index (χ2v) is 4.88. The number of carboxylic acids is 1. The zero-order chi connectivity index (χ0) is 12.8. The van der Waals surface area contributed by atoms with Gasteiger partial charge >= 0.3 is 5.97 Å². The molecule has 1 aliphatic rings. The SMILES string of the molecule is O=C(O)C1CC(O)(c2cccc3ccncc23)C1. The Morgan fingerprint density at radius 3 is 2.83 bits per heavy atom. The first-order valence-corrected chi connectivity index (χ1v) is 5.88. The van der Waals surface area contributed by atoms with Crippen LogP contribution in [0.3, 0.4) is 0 Å². The number of hydrogen-bond acceptors (Lipinski definition) is 3. The molecule has 2 aromatic rings. The summed E-state index contributed by atoms with van der Waals surface area (Å²) in [4.78, 5) is 14.9. The van der Waals surface area contributed by atoms with Crippen molar-refractivity contribution in [2.75, 3.05) is 0 Å². The van der Waals surface area contributed by atoms with Gasteiger partial charge < -0.3 is 10.2 Å². The number of aliphatic hydroxyl groups is 1. The highest BCUT2D eigenvalue weighted by Gasteiger charge is 2.48. The molecule has 92 valence electrons. The molecule has 0 amide bonds. The lowest BCUT2D eigenvalue weighted by Gasteiger charge is -2.42. The standard InChI is InChI=1S/C14H13NO3/c16-13(17)10-6-14(18,7-10)12-3-1-2-9-4-5-15-8-11(9)12/h1-5,8,10,18H,6-7H2,(H,16,17). The van der Waals surface area contributed by atoms with Gasteiger partial charge in [-0.3, -0.25) is 9.78 Å². The van der Waals surface area contributed by atoms with Crippen LogP contribution in [0.25, 0.3) is 10.8 Å². The van der Waals surface area contributed by atoms with Gasteiger partial charge in [-0.25, -0.2) is 0 Å². The van der Waals surface area contributed by atoms with Crippen LogP contribution in [0.2, 0.25) is 0 Å². The van der Waals surface area contributed by atoms with Crippen LogP contribution in [0.1, 0.15) is 18.4 Å². The Hall–Kier alpha value is -1.94. The van der Waals surface area contributed by atoms with Gasteiger partial charge in [0.1, 0.15) is 0 Å². The maximum absolute atomic E-state index is 10.8. The van der Waals surface area contributed by atoms with Crippen molar-refractivity contribution >= 4 is 16.7 Å². The van der Waals surface area contributed by atoms with Crippen LogP contribution < -0.4 is 0 Å². The first-order valence-electron chi connectivity index (χ1n) is 5.88. The van der Waals surface area contributed by atoms with E-state index in [2.05, 4.69) is 4.98 Å². The third-order valence-electron chi connectivity index (χ3n) is 3.70. The summed E-state index contributed by atoms with van der Waals surface area (Å²) in [6.45, 7) is 0. The number of benzene rings is 1. The number of nitrogens with zero attached hydrogens (tertiary/aromatic N) is 1. The molecule has 4 nitrogen and oxygen atoms in total. The second-order valence-electron chi connectivity index (χ2n) is 4.88. The van der Waals surface area contributed by atoms with Crippen molar-refractivity contribution in [1.82, 2.24) is 4.98 Å². The van der Waals surface area contributed by atoms with Gasteiger partial charge in [-0.1, -0.05) is 18.2 Å². The Morgan fingerprint density at radius 1 is 1.33 bits per heavy atom. The molecule has 1 heterocycles. The number of aliphatic carboxylic acids is 1. The first-order chi connectivity index (χ1) is 8.60. The largest absolute Gasteiger partial charge is 0.481 e. The zero-order valence-corrected chi connectivity index (χ0v) is 9.71. The lowest BCUT2D eigenvalue weighted by molar-refractivity contribution is -0.159. The van der Waals surface area contributed by atoms with Crippen molar-refractivity contribution in [1.29, 1.82) is 0 Å². The quantitative estimate of drug-likeness (QED) is 0.845. The lowest BCUT2D eigenvalue weighted by Crippen LogP contribution is -2.44. The molecule has 4 heteroatoms. The Balaban J connectivity index is 2.03. The average molecular weight is 243 g/mol. The summed E-state index contributed by atoms with van der Waals surface area (Å²) >= 11 is 0. The van der Waals surface area contributed by atoms with Gasteiger partial charge in [0.05, 0.1) is 11.5 Å². The normalized spacial score (nSPS) is 26.8. The third-order valence-corrected chi connectivity index (χ3v) is 3.70. The molecule has 0 atom stereocenters. The molecule has 2 N–H and O–H groups in total. The van der Waals surface area contributed by atoms with E-state index >= 15 is 0 Å². The average Bonchev–Trinajstić information content (AvgIpc) is 2.34. The number of hydrogen-bond donors (Lipinski definition) is 2. The molecule has 1 saturated carbocycles. The highest BCUT2D eigenvalue weighted by molar-refractivity contribution is 5.86. The van der Waals surface area contributed by atoms with E-state index in [-0.39, 0.29) is 12.8 Å². The Bertz CT molecular complexity index is 612. The second kappa shape index (κ2) is 3.78. The van der Waals surface area contributed by atoms with E-state index in [1.807, 2.05) is 24.3 Å². The predicted molar refractivity (Wildman–Crippen MR) is 66.0 cm³/mol. The fraction of sp³-hybridized carbons (Fsp3) is 0.286. The van der Waals surface area contributed by atoms with Gasteiger partial charge in [0.25, 0.3) is 0 Å².